The first-order valence-electron chi connectivity index (χ1n) is 5.32. The van der Waals surface area contributed by atoms with Gasteiger partial charge >= 0.3 is 6.36 Å². The van der Waals surface area contributed by atoms with E-state index in [2.05, 4.69) is 4.74 Å². The number of carbonyl (C=O) groups is 1. The van der Waals surface area contributed by atoms with Crippen molar-refractivity contribution in [2.45, 2.75) is 32.7 Å². The van der Waals surface area contributed by atoms with Crippen molar-refractivity contribution in [2.24, 2.45) is 0 Å². The Morgan fingerprint density at radius 3 is 2.76 bits per heavy atom. The largest absolute Gasteiger partial charge is 0.522 e. The van der Waals surface area contributed by atoms with E-state index >= 15 is 0 Å². The Balaban J connectivity index is 2.43. The first-order valence-corrected chi connectivity index (χ1v) is 5.32. The van der Waals surface area contributed by atoms with Gasteiger partial charge in [0, 0.05) is 30.9 Å². The summed E-state index contributed by atoms with van der Waals surface area (Å²) in [5, 5.41) is 0. The Morgan fingerprint density at radius 2 is 2.18 bits per heavy atom. The number of carbonyl (C=O) groups excluding carboxylic acids is 1. The molecule has 0 aliphatic heterocycles. The molecule has 17 heavy (non-hydrogen) atoms. The molecule has 0 amide bonds. The number of hydrogen-bond donors (Lipinski definition) is 0. The fourth-order valence-corrected chi connectivity index (χ4v) is 1.38. The minimum absolute atomic E-state index is 0.00277. The van der Waals surface area contributed by atoms with Gasteiger partial charge in [-0.05, 0) is 12.5 Å². The molecule has 0 fully saturated rings. The molecule has 0 bridgehead atoms. The monoisotopic (exact) mass is 249 g/mol. The molecule has 96 valence electrons. The lowest BCUT2D eigenvalue weighted by atomic mass is 10.1. The molecule has 0 spiro atoms. The fraction of sp³-hybridized carbons (Fsp3) is 0.545. The Labute approximate surface area is 97.2 Å². The molecular weight excluding hydrogens is 235 g/mol. The molecule has 0 unspecified atom stereocenters. The highest BCUT2D eigenvalue weighted by atomic mass is 19.4. The molecule has 1 aromatic heterocycles. The van der Waals surface area contributed by atoms with E-state index in [-0.39, 0.29) is 12.3 Å². The molecule has 3 nitrogen and oxygen atoms in total. The van der Waals surface area contributed by atoms with Gasteiger partial charge in [-0.25, -0.2) is 0 Å². The lowest BCUT2D eigenvalue weighted by molar-refractivity contribution is -0.325. The van der Waals surface area contributed by atoms with Gasteiger partial charge in [-0.15, -0.1) is 13.2 Å². The van der Waals surface area contributed by atoms with Gasteiger partial charge in [-0.1, -0.05) is 6.92 Å². The number of aromatic nitrogens is 1. The van der Waals surface area contributed by atoms with E-state index in [0.29, 0.717) is 12.0 Å². The minimum Gasteiger partial charge on any atom is -0.351 e. The lowest BCUT2D eigenvalue weighted by Crippen LogP contribution is -2.16. The van der Waals surface area contributed by atoms with E-state index in [0.717, 1.165) is 6.42 Å². The zero-order valence-electron chi connectivity index (χ0n) is 9.46. The highest BCUT2D eigenvalue weighted by Crippen LogP contribution is 2.16. The van der Waals surface area contributed by atoms with Crippen molar-refractivity contribution in [1.82, 2.24) is 4.57 Å². The number of rotatable bonds is 6. The van der Waals surface area contributed by atoms with Crippen LogP contribution < -0.4 is 0 Å². The molecule has 1 heterocycles. The standard InChI is InChI=1S/C11H14F3NO2/c1-2-3-10(16)9-4-5-15(8-9)6-7-17-11(12,13)14/h4-5,8H,2-3,6-7H2,1H3. The zero-order valence-corrected chi connectivity index (χ0v) is 9.46. The molecule has 6 heteroatoms. The number of halogens is 3. The molecule has 0 saturated heterocycles. The summed E-state index contributed by atoms with van der Waals surface area (Å²) in [6.45, 7) is 1.50. The summed E-state index contributed by atoms with van der Waals surface area (Å²) < 4.78 is 40.3. The highest BCUT2D eigenvalue weighted by molar-refractivity contribution is 5.95. The SMILES string of the molecule is CCCC(=O)c1ccn(CCOC(F)(F)F)c1. The molecule has 1 rings (SSSR count). The maximum atomic E-state index is 11.7. The maximum Gasteiger partial charge on any atom is 0.522 e. The topological polar surface area (TPSA) is 31.2 Å². The van der Waals surface area contributed by atoms with Crippen LogP contribution in [0.1, 0.15) is 30.1 Å². The molecule has 0 aliphatic carbocycles. The molecule has 0 atom stereocenters. The second-order valence-electron chi connectivity index (χ2n) is 3.61. The van der Waals surface area contributed by atoms with Crippen molar-refractivity contribution in [3.05, 3.63) is 24.0 Å². The van der Waals surface area contributed by atoms with Crippen molar-refractivity contribution in [2.75, 3.05) is 6.61 Å². The number of ether oxygens (including phenoxy) is 1. The Morgan fingerprint density at radius 1 is 1.47 bits per heavy atom. The van der Waals surface area contributed by atoms with Crippen molar-refractivity contribution >= 4 is 5.78 Å². The Kier molecular flexibility index (Phi) is 4.74. The van der Waals surface area contributed by atoms with Crippen LogP contribution in [0.5, 0.6) is 0 Å². The van der Waals surface area contributed by atoms with E-state index in [9.17, 15) is 18.0 Å². The molecule has 0 aromatic carbocycles. The second-order valence-corrected chi connectivity index (χ2v) is 3.61. The summed E-state index contributed by atoms with van der Waals surface area (Å²) in [5.74, 6) is 0.00277. The zero-order chi connectivity index (χ0) is 12.9. The highest BCUT2D eigenvalue weighted by Gasteiger charge is 2.28. The van der Waals surface area contributed by atoms with Gasteiger partial charge in [-0.2, -0.15) is 0 Å². The summed E-state index contributed by atoms with van der Waals surface area (Å²) in [6, 6.07) is 1.60. The summed E-state index contributed by atoms with van der Waals surface area (Å²) in [6.07, 6.45) is -0.293. The van der Waals surface area contributed by atoms with Gasteiger partial charge in [0.15, 0.2) is 5.78 Å². The predicted molar refractivity (Wildman–Crippen MR) is 55.7 cm³/mol. The normalized spacial score (nSPS) is 11.8. The Bertz CT molecular complexity index is 371. The summed E-state index contributed by atoms with van der Waals surface area (Å²) in [5.41, 5.74) is 0.527. The average Bonchev–Trinajstić information content (AvgIpc) is 2.65. The van der Waals surface area contributed by atoms with Gasteiger partial charge in [0.05, 0.1) is 6.61 Å². The molecule has 0 N–H and O–H groups in total. The van der Waals surface area contributed by atoms with Crippen LogP contribution in [-0.2, 0) is 11.3 Å². The van der Waals surface area contributed by atoms with E-state index in [1.54, 1.807) is 12.3 Å². The second kappa shape index (κ2) is 5.86. The Hall–Kier alpha value is -1.30. The van der Waals surface area contributed by atoms with Crippen LogP contribution in [0.15, 0.2) is 18.5 Å². The number of nitrogens with zero attached hydrogens (tertiary/aromatic N) is 1. The first-order chi connectivity index (χ1) is 7.92. The van der Waals surface area contributed by atoms with Crippen LogP contribution in [0.4, 0.5) is 13.2 Å². The van der Waals surface area contributed by atoms with Crippen LogP contribution >= 0.6 is 0 Å². The van der Waals surface area contributed by atoms with Crippen molar-refractivity contribution < 1.29 is 22.7 Å². The van der Waals surface area contributed by atoms with Crippen LogP contribution in [0.2, 0.25) is 0 Å². The quantitative estimate of drug-likeness (QED) is 0.726. The smallest absolute Gasteiger partial charge is 0.351 e. The van der Waals surface area contributed by atoms with E-state index in [4.69, 9.17) is 0 Å². The van der Waals surface area contributed by atoms with Crippen LogP contribution in [0.3, 0.4) is 0 Å². The molecule has 0 radical (unpaired) electrons. The van der Waals surface area contributed by atoms with Crippen LogP contribution in [0.25, 0.3) is 0 Å². The summed E-state index contributed by atoms with van der Waals surface area (Å²) in [7, 11) is 0. The summed E-state index contributed by atoms with van der Waals surface area (Å²) >= 11 is 0. The van der Waals surface area contributed by atoms with Crippen LogP contribution in [-0.4, -0.2) is 23.3 Å². The molecule has 0 saturated carbocycles. The van der Waals surface area contributed by atoms with Crippen molar-refractivity contribution in [1.29, 1.82) is 0 Å². The number of ketones is 1. The van der Waals surface area contributed by atoms with Gasteiger partial charge in [0.1, 0.15) is 0 Å². The number of Topliss-reactive ketones (excluding diaryl/α,β-unsaturated/α-hetero) is 1. The minimum atomic E-state index is -4.60. The van der Waals surface area contributed by atoms with Crippen molar-refractivity contribution in [3.63, 3.8) is 0 Å². The third-order valence-electron chi connectivity index (χ3n) is 2.16. The predicted octanol–water partition coefficient (Wildman–Crippen LogP) is 3.01. The molecule has 1 aromatic rings. The number of hydrogen-bond acceptors (Lipinski definition) is 2. The molecule has 0 aliphatic rings. The lowest BCUT2D eigenvalue weighted by Gasteiger charge is -2.07. The fourth-order valence-electron chi connectivity index (χ4n) is 1.38. The average molecular weight is 249 g/mol. The first kappa shape index (κ1) is 13.8. The summed E-state index contributed by atoms with van der Waals surface area (Å²) in [4.78, 5) is 11.5. The third kappa shape index (κ3) is 5.04. The molecular formula is C11H14F3NO2. The van der Waals surface area contributed by atoms with Gasteiger partial charge in [-0.3, -0.25) is 9.53 Å². The third-order valence-corrected chi connectivity index (χ3v) is 2.16. The van der Waals surface area contributed by atoms with Crippen LogP contribution in [0, 0.1) is 0 Å². The van der Waals surface area contributed by atoms with E-state index < -0.39 is 13.0 Å². The number of alkyl halides is 3. The van der Waals surface area contributed by atoms with Gasteiger partial charge in [0.2, 0.25) is 0 Å². The van der Waals surface area contributed by atoms with E-state index in [1.165, 1.54) is 10.8 Å². The van der Waals surface area contributed by atoms with Gasteiger partial charge < -0.3 is 4.57 Å². The van der Waals surface area contributed by atoms with Gasteiger partial charge in [0.25, 0.3) is 0 Å². The maximum absolute atomic E-state index is 11.7. The van der Waals surface area contributed by atoms with E-state index in [1.807, 2.05) is 6.92 Å². The van der Waals surface area contributed by atoms with Crippen molar-refractivity contribution in [3.8, 4) is 0 Å².